The van der Waals surface area contributed by atoms with E-state index in [1.54, 1.807) is 0 Å². The van der Waals surface area contributed by atoms with Crippen LogP contribution in [0, 0.1) is 5.92 Å². The second kappa shape index (κ2) is 12.1. The number of aliphatic hydroxyl groups excluding tert-OH is 1. The summed E-state index contributed by atoms with van der Waals surface area (Å²) in [7, 11) is -2.39. The number of aromatic nitrogens is 5. The van der Waals surface area contributed by atoms with E-state index in [0.29, 0.717) is 50.4 Å². The molecule has 1 saturated heterocycles. The van der Waals surface area contributed by atoms with E-state index in [0.717, 1.165) is 6.54 Å². The van der Waals surface area contributed by atoms with Crippen molar-refractivity contribution in [2.45, 2.75) is 45.2 Å². The average molecular weight is 564 g/mol. The molecule has 1 atom stereocenters. The quantitative estimate of drug-likeness (QED) is 0.348. The molecule has 1 aliphatic rings. The molecule has 2 N–H and O–H groups in total. The van der Waals surface area contributed by atoms with Gasteiger partial charge in [0.1, 0.15) is 16.2 Å². The number of aromatic amines is 1. The first-order valence-corrected chi connectivity index (χ1v) is 14.6. The number of sulfonamides is 1. The van der Waals surface area contributed by atoms with Gasteiger partial charge in [-0.25, -0.2) is 23.1 Å². The van der Waals surface area contributed by atoms with Crippen molar-refractivity contribution in [3.8, 4) is 17.3 Å². The number of fused-ring (bicyclic) bond motifs is 1. The van der Waals surface area contributed by atoms with Crippen LogP contribution in [0.25, 0.3) is 22.4 Å². The lowest BCUT2D eigenvalue weighted by atomic mass is 10.2. The number of nitrogens with one attached hydrogen (secondary N) is 1. The molecule has 0 aliphatic carbocycles. The molecule has 0 spiro atoms. The highest BCUT2D eigenvalue weighted by atomic mass is 32.2. The molecule has 4 heterocycles. The number of likely N-dealkylation sites (N-methyl/N-ethyl adjacent to an activating group) is 1. The van der Waals surface area contributed by atoms with Crippen molar-refractivity contribution < 1.29 is 23.0 Å². The van der Waals surface area contributed by atoms with Gasteiger partial charge in [-0.1, -0.05) is 27.7 Å². The molecule has 0 radical (unpaired) electrons. The van der Waals surface area contributed by atoms with E-state index in [1.165, 1.54) is 28.4 Å². The molecular formula is C25H37N7O6S. The van der Waals surface area contributed by atoms with Gasteiger partial charge in [-0.05, 0) is 24.9 Å². The number of H-pyrrole nitrogens is 1. The first-order valence-electron chi connectivity index (χ1n) is 13.1. The first-order chi connectivity index (χ1) is 18.6. The fourth-order valence-electron chi connectivity index (χ4n) is 4.50. The molecule has 3 aromatic rings. The first kappa shape index (κ1) is 29.1. The maximum absolute atomic E-state index is 13.5. The molecule has 0 saturated carbocycles. The van der Waals surface area contributed by atoms with Crippen LogP contribution in [-0.4, -0.2) is 101 Å². The summed E-state index contributed by atoms with van der Waals surface area (Å²) >= 11 is 0. The number of hydrogen-bond acceptors (Lipinski definition) is 10. The van der Waals surface area contributed by atoms with Gasteiger partial charge in [0.25, 0.3) is 5.56 Å². The standard InChI is InChI=1S/C25H37N7O6S/c1-6-19-21-22(29-32(19)20(33)15-37-5)24(34)28-23(27-21)18-12-17(13-26-25(18)38-14-16(3)4)39(35,36)31-10-8-30(7-2)9-11-31/h12-13,16,20,33H,6-11,14-15H2,1-5H3,(H,27,28,34). The summed E-state index contributed by atoms with van der Waals surface area (Å²) in [5.41, 5.74) is 0.602. The van der Waals surface area contributed by atoms with Gasteiger partial charge < -0.3 is 24.5 Å². The molecule has 4 rings (SSSR count). The summed E-state index contributed by atoms with van der Waals surface area (Å²) in [6.45, 7) is 11.1. The summed E-state index contributed by atoms with van der Waals surface area (Å²) in [4.78, 5) is 27.0. The van der Waals surface area contributed by atoms with Gasteiger partial charge in [0.05, 0.1) is 30.7 Å². The highest BCUT2D eigenvalue weighted by Gasteiger charge is 2.30. The lowest BCUT2D eigenvalue weighted by molar-refractivity contribution is 0.00722. The zero-order valence-corrected chi connectivity index (χ0v) is 23.9. The largest absolute Gasteiger partial charge is 0.477 e. The monoisotopic (exact) mass is 563 g/mol. The van der Waals surface area contributed by atoms with E-state index in [9.17, 15) is 18.3 Å². The lowest BCUT2D eigenvalue weighted by Crippen LogP contribution is -2.48. The van der Waals surface area contributed by atoms with Gasteiger partial charge in [-0.3, -0.25) is 4.79 Å². The number of piperazine rings is 1. The Hall–Kier alpha value is -2.91. The van der Waals surface area contributed by atoms with Crippen molar-refractivity contribution in [3.05, 3.63) is 28.3 Å². The summed E-state index contributed by atoms with van der Waals surface area (Å²) in [5.74, 6) is 0.438. The Kier molecular flexibility index (Phi) is 9.01. The van der Waals surface area contributed by atoms with E-state index < -0.39 is 21.8 Å². The van der Waals surface area contributed by atoms with Crippen LogP contribution in [0.5, 0.6) is 5.88 Å². The average Bonchev–Trinajstić information content (AvgIpc) is 3.31. The minimum absolute atomic E-state index is 0.0102. The summed E-state index contributed by atoms with van der Waals surface area (Å²) in [6.07, 6.45) is 0.615. The van der Waals surface area contributed by atoms with Crippen LogP contribution in [0.2, 0.25) is 0 Å². The van der Waals surface area contributed by atoms with E-state index in [1.807, 2.05) is 27.7 Å². The van der Waals surface area contributed by atoms with E-state index in [-0.39, 0.29) is 40.2 Å². The maximum atomic E-state index is 13.5. The van der Waals surface area contributed by atoms with Gasteiger partial charge in [0.2, 0.25) is 15.9 Å². The molecule has 1 unspecified atom stereocenters. The summed E-state index contributed by atoms with van der Waals surface area (Å²) in [6, 6.07) is 1.45. The van der Waals surface area contributed by atoms with Crippen molar-refractivity contribution in [1.29, 1.82) is 0 Å². The topological polar surface area (TPSA) is 156 Å². The molecule has 1 aliphatic heterocycles. The number of nitrogens with zero attached hydrogens (tertiary/aromatic N) is 6. The third kappa shape index (κ3) is 5.99. The highest BCUT2D eigenvalue weighted by Crippen LogP contribution is 2.31. The Bertz CT molecular complexity index is 1460. The van der Waals surface area contributed by atoms with E-state index in [2.05, 4.69) is 25.0 Å². The van der Waals surface area contributed by atoms with Crippen LogP contribution < -0.4 is 10.3 Å². The molecule has 39 heavy (non-hydrogen) atoms. The SMILES string of the molecule is CCc1c2nc(-c3cc(S(=O)(=O)N4CCN(CC)CC4)cnc3OCC(C)C)[nH]c(=O)c2nn1C(O)COC. The number of aryl methyl sites for hydroxylation is 1. The minimum atomic E-state index is -3.85. The van der Waals surface area contributed by atoms with Crippen LogP contribution in [0.3, 0.4) is 0 Å². The number of rotatable bonds is 11. The Balaban J connectivity index is 1.83. The second-order valence-corrected chi connectivity index (χ2v) is 11.8. The number of methoxy groups -OCH3 is 1. The minimum Gasteiger partial charge on any atom is -0.477 e. The fourth-order valence-corrected chi connectivity index (χ4v) is 5.90. The summed E-state index contributed by atoms with van der Waals surface area (Å²) < 4.78 is 40.8. The van der Waals surface area contributed by atoms with Crippen molar-refractivity contribution in [3.63, 3.8) is 0 Å². The molecule has 0 bridgehead atoms. The van der Waals surface area contributed by atoms with Gasteiger partial charge in [-0.15, -0.1) is 0 Å². The van der Waals surface area contributed by atoms with Crippen molar-refractivity contribution in [1.82, 2.24) is 33.9 Å². The molecule has 0 amide bonds. The Morgan fingerprint density at radius 3 is 2.46 bits per heavy atom. The number of hydrogen-bond donors (Lipinski definition) is 2. The number of aliphatic hydroxyl groups is 1. The van der Waals surface area contributed by atoms with Crippen LogP contribution in [0.1, 0.15) is 39.6 Å². The summed E-state index contributed by atoms with van der Waals surface area (Å²) in [5, 5.41) is 14.8. The molecular weight excluding hydrogens is 526 g/mol. The van der Waals surface area contributed by atoms with Gasteiger partial charge >= 0.3 is 0 Å². The fraction of sp³-hybridized carbons (Fsp3) is 0.600. The van der Waals surface area contributed by atoms with Gasteiger partial charge in [-0.2, -0.15) is 9.40 Å². The van der Waals surface area contributed by atoms with E-state index in [4.69, 9.17) is 9.47 Å². The zero-order valence-electron chi connectivity index (χ0n) is 23.0. The van der Waals surface area contributed by atoms with E-state index >= 15 is 0 Å². The third-order valence-electron chi connectivity index (χ3n) is 6.64. The Morgan fingerprint density at radius 1 is 1.13 bits per heavy atom. The van der Waals surface area contributed by atoms with Gasteiger partial charge in [0.15, 0.2) is 11.7 Å². The second-order valence-electron chi connectivity index (χ2n) is 9.86. The van der Waals surface area contributed by atoms with Crippen LogP contribution >= 0.6 is 0 Å². The maximum Gasteiger partial charge on any atom is 0.279 e. The van der Waals surface area contributed by atoms with Crippen molar-refractivity contribution >= 4 is 21.1 Å². The smallest absolute Gasteiger partial charge is 0.279 e. The van der Waals surface area contributed by atoms with Crippen LogP contribution in [0.4, 0.5) is 0 Å². The number of ether oxygens (including phenoxy) is 2. The Labute approximate surface area is 227 Å². The zero-order chi connectivity index (χ0) is 28.3. The van der Waals surface area contributed by atoms with Crippen molar-refractivity contribution in [2.24, 2.45) is 5.92 Å². The molecule has 214 valence electrons. The molecule has 1 fully saturated rings. The molecule has 0 aromatic carbocycles. The van der Waals surface area contributed by atoms with Crippen LogP contribution in [0.15, 0.2) is 22.0 Å². The number of pyridine rings is 1. The van der Waals surface area contributed by atoms with Gasteiger partial charge in [0, 0.05) is 33.3 Å². The lowest BCUT2D eigenvalue weighted by Gasteiger charge is -2.33. The predicted molar refractivity (Wildman–Crippen MR) is 145 cm³/mol. The molecule has 13 nitrogen and oxygen atoms in total. The predicted octanol–water partition coefficient (Wildman–Crippen LogP) is 1.24. The molecule has 14 heteroatoms. The van der Waals surface area contributed by atoms with Crippen LogP contribution in [-0.2, 0) is 21.2 Å². The molecule has 3 aromatic heterocycles. The van der Waals surface area contributed by atoms with Crippen molar-refractivity contribution in [2.75, 3.05) is 53.0 Å². The third-order valence-corrected chi connectivity index (χ3v) is 8.50. The normalized spacial score (nSPS) is 16.3. The Morgan fingerprint density at radius 2 is 1.85 bits per heavy atom. The highest BCUT2D eigenvalue weighted by molar-refractivity contribution is 7.89.